The van der Waals surface area contributed by atoms with Crippen LogP contribution in [0, 0.1) is 17.3 Å². The average molecular weight is 633 g/mol. The lowest BCUT2D eigenvalue weighted by molar-refractivity contribution is -0.151. The van der Waals surface area contributed by atoms with Gasteiger partial charge in [-0.15, -0.1) is 0 Å². The van der Waals surface area contributed by atoms with Gasteiger partial charge in [-0.2, -0.15) is 8.78 Å². The number of rotatable bonds is 4. The Morgan fingerprint density at radius 2 is 1.91 bits per heavy atom. The number of ether oxygens (including phenoxy) is 3. The van der Waals surface area contributed by atoms with Crippen LogP contribution in [-0.2, 0) is 20.2 Å². The van der Waals surface area contributed by atoms with E-state index in [1.165, 1.54) is 12.0 Å². The molecule has 6 atom stereocenters. The third kappa shape index (κ3) is 6.91. The average Bonchev–Trinajstić information content (AvgIpc) is 3.60. The lowest BCUT2D eigenvalue weighted by Crippen LogP contribution is -2.57. The van der Waals surface area contributed by atoms with E-state index in [1.54, 1.807) is 39.0 Å². The van der Waals surface area contributed by atoms with Crippen LogP contribution in [-0.4, -0.2) is 75.9 Å². The van der Waals surface area contributed by atoms with Crippen molar-refractivity contribution in [1.82, 2.24) is 20.2 Å². The second kappa shape index (κ2) is 12.6. The minimum Gasteiger partial charge on any atom is -0.497 e. The Kier molecular flexibility index (Phi) is 9.10. The van der Waals surface area contributed by atoms with Crippen LogP contribution in [0.2, 0.25) is 0 Å². The number of alkyl halides is 2. The molecule has 45 heavy (non-hydrogen) atoms. The summed E-state index contributed by atoms with van der Waals surface area (Å²) in [5, 5.41) is 13.1. The minimum atomic E-state index is -3.40. The SMILES string of the molecule is CCCC1C2CN(C(=O)C(C(C)(C)C)NC(=O)OC3CC3CCCCC(F)(F)c3nc4ccc(OC)cc4nc3O2)C1C(=O)O. The van der Waals surface area contributed by atoms with E-state index in [2.05, 4.69) is 15.3 Å². The smallest absolute Gasteiger partial charge is 0.408 e. The highest BCUT2D eigenvalue weighted by molar-refractivity contribution is 5.90. The zero-order chi connectivity index (χ0) is 32.7. The summed E-state index contributed by atoms with van der Waals surface area (Å²) >= 11 is 0. The molecule has 3 heterocycles. The third-order valence-electron chi connectivity index (χ3n) is 9.01. The number of carbonyl (C=O) groups is 3. The lowest BCUT2D eigenvalue weighted by atomic mass is 9.85. The fraction of sp³-hybridized carbons (Fsp3) is 0.656. The predicted octanol–water partition coefficient (Wildman–Crippen LogP) is 5.29. The third-order valence-corrected chi connectivity index (χ3v) is 9.01. The molecule has 2 aliphatic heterocycles. The van der Waals surface area contributed by atoms with Crippen LogP contribution in [0.15, 0.2) is 18.2 Å². The van der Waals surface area contributed by atoms with Crippen molar-refractivity contribution in [2.45, 2.75) is 103 Å². The van der Waals surface area contributed by atoms with E-state index >= 15 is 8.78 Å². The summed E-state index contributed by atoms with van der Waals surface area (Å²) in [6.07, 6.45) is 0.189. The van der Waals surface area contributed by atoms with E-state index in [4.69, 9.17) is 14.2 Å². The van der Waals surface area contributed by atoms with Crippen LogP contribution in [0.25, 0.3) is 11.0 Å². The molecule has 11 nitrogen and oxygen atoms in total. The number of aromatic nitrogens is 2. The van der Waals surface area contributed by atoms with Gasteiger partial charge in [0.15, 0.2) is 5.69 Å². The predicted molar refractivity (Wildman–Crippen MR) is 159 cm³/mol. The number of carboxylic acids is 1. The van der Waals surface area contributed by atoms with Gasteiger partial charge in [-0.3, -0.25) is 4.79 Å². The molecule has 2 fully saturated rings. The molecule has 2 bridgehead atoms. The van der Waals surface area contributed by atoms with Crippen LogP contribution >= 0.6 is 0 Å². The Morgan fingerprint density at radius 3 is 2.58 bits per heavy atom. The summed E-state index contributed by atoms with van der Waals surface area (Å²) in [6, 6.07) is 2.29. The molecule has 2 amide bonds. The van der Waals surface area contributed by atoms with Crippen LogP contribution in [0.3, 0.4) is 0 Å². The number of methoxy groups -OCH3 is 1. The molecule has 3 aliphatic rings. The molecule has 5 rings (SSSR count). The first-order valence-corrected chi connectivity index (χ1v) is 15.6. The van der Waals surface area contributed by atoms with E-state index in [-0.39, 0.29) is 36.0 Å². The van der Waals surface area contributed by atoms with Gasteiger partial charge in [0.25, 0.3) is 5.92 Å². The highest BCUT2D eigenvalue weighted by atomic mass is 19.3. The van der Waals surface area contributed by atoms with Gasteiger partial charge in [-0.1, -0.05) is 40.5 Å². The van der Waals surface area contributed by atoms with Crippen molar-refractivity contribution in [3.05, 3.63) is 23.9 Å². The Balaban J connectivity index is 1.60. The molecule has 2 N–H and O–H groups in total. The fourth-order valence-electron chi connectivity index (χ4n) is 6.47. The molecule has 1 aromatic heterocycles. The molecule has 1 saturated heterocycles. The van der Waals surface area contributed by atoms with Crippen molar-refractivity contribution in [1.29, 1.82) is 0 Å². The number of carboxylic acid groups (broad SMARTS) is 1. The number of aliphatic carboxylic acids is 1. The van der Waals surface area contributed by atoms with Gasteiger partial charge in [0.1, 0.15) is 30.0 Å². The standard InChI is InChI=1S/C32H42F2N4O7/c1-6-9-19-23-16-38(24(19)29(40)41)28(39)26(31(2,3)4)37-30(42)45-22-14-17(22)10-7-8-13-32(33,34)25-27(44-23)36-21-15-18(43-5)11-12-20(21)35-25/h11-12,15,17,19,22-24,26H,6-10,13-14,16H2,1-5H3,(H,37,42)(H,40,41). The van der Waals surface area contributed by atoms with Gasteiger partial charge >= 0.3 is 12.1 Å². The number of nitrogens with zero attached hydrogens (tertiary/aromatic N) is 3. The first-order chi connectivity index (χ1) is 21.2. The Bertz CT molecular complexity index is 1450. The molecule has 2 aromatic rings. The second-order valence-corrected chi connectivity index (χ2v) is 13.4. The van der Waals surface area contributed by atoms with Gasteiger partial charge in [-0.05, 0) is 49.1 Å². The molecule has 6 unspecified atom stereocenters. The van der Waals surface area contributed by atoms with Gasteiger partial charge in [0.2, 0.25) is 11.8 Å². The quantitative estimate of drug-likeness (QED) is 0.460. The van der Waals surface area contributed by atoms with Crippen LogP contribution in [0.5, 0.6) is 11.6 Å². The topological polar surface area (TPSA) is 140 Å². The molecule has 1 aromatic carbocycles. The summed E-state index contributed by atoms with van der Waals surface area (Å²) in [6.45, 7) is 6.94. The molecule has 0 radical (unpaired) electrons. The van der Waals surface area contributed by atoms with E-state index in [0.717, 1.165) is 0 Å². The van der Waals surface area contributed by atoms with Crippen molar-refractivity contribution in [3.63, 3.8) is 0 Å². The zero-order valence-electron chi connectivity index (χ0n) is 26.3. The van der Waals surface area contributed by atoms with Crippen molar-refractivity contribution in [2.24, 2.45) is 17.3 Å². The summed E-state index contributed by atoms with van der Waals surface area (Å²) in [5.41, 5.74) is -0.923. The fourth-order valence-corrected chi connectivity index (χ4v) is 6.47. The van der Waals surface area contributed by atoms with Crippen molar-refractivity contribution >= 4 is 29.0 Å². The van der Waals surface area contributed by atoms with Gasteiger partial charge in [0.05, 0.1) is 24.7 Å². The molecule has 246 valence electrons. The number of hydrogen-bond donors (Lipinski definition) is 2. The number of halogens is 2. The van der Waals surface area contributed by atoms with Gasteiger partial charge in [-0.25, -0.2) is 19.6 Å². The molecule has 13 heteroatoms. The van der Waals surface area contributed by atoms with Gasteiger partial charge in [0, 0.05) is 18.4 Å². The molecule has 1 aliphatic carbocycles. The Labute approximate surface area is 261 Å². The maximum absolute atomic E-state index is 16.0. The second-order valence-electron chi connectivity index (χ2n) is 13.4. The summed E-state index contributed by atoms with van der Waals surface area (Å²) in [5.74, 6) is -5.92. The number of fused-ring (bicyclic) bond motifs is 5. The number of amides is 2. The van der Waals surface area contributed by atoms with Gasteiger partial charge < -0.3 is 29.5 Å². The summed E-state index contributed by atoms with van der Waals surface area (Å²) < 4.78 is 49.0. The maximum Gasteiger partial charge on any atom is 0.408 e. The normalized spacial score (nSPS) is 28.9. The maximum atomic E-state index is 16.0. The first kappa shape index (κ1) is 32.6. The van der Waals surface area contributed by atoms with E-state index < -0.39 is 71.4 Å². The number of hydrogen-bond acceptors (Lipinski definition) is 8. The summed E-state index contributed by atoms with van der Waals surface area (Å²) in [7, 11) is 1.47. The largest absolute Gasteiger partial charge is 0.497 e. The van der Waals surface area contributed by atoms with Crippen LogP contribution in [0.4, 0.5) is 13.6 Å². The van der Waals surface area contributed by atoms with E-state index in [9.17, 15) is 19.5 Å². The molecular weight excluding hydrogens is 590 g/mol. The van der Waals surface area contributed by atoms with Crippen molar-refractivity contribution < 1.29 is 42.5 Å². The molecular formula is C32H42F2N4O7. The van der Waals surface area contributed by atoms with E-state index in [1.807, 2.05) is 6.92 Å². The van der Waals surface area contributed by atoms with Crippen molar-refractivity contribution in [2.75, 3.05) is 13.7 Å². The number of alkyl carbamates (subject to hydrolysis) is 1. The van der Waals surface area contributed by atoms with Crippen LogP contribution in [0.1, 0.15) is 78.3 Å². The van der Waals surface area contributed by atoms with Crippen LogP contribution < -0.4 is 14.8 Å². The first-order valence-electron chi connectivity index (χ1n) is 15.6. The Hall–Kier alpha value is -3.77. The zero-order valence-corrected chi connectivity index (χ0v) is 26.3. The summed E-state index contributed by atoms with van der Waals surface area (Å²) in [4.78, 5) is 49.7. The molecule has 0 spiro atoms. The highest BCUT2D eigenvalue weighted by Crippen LogP contribution is 2.43. The monoisotopic (exact) mass is 632 g/mol. The molecule has 1 saturated carbocycles. The number of nitrogens with one attached hydrogen (secondary N) is 1. The minimum absolute atomic E-state index is 0.0481. The lowest BCUT2D eigenvalue weighted by Gasteiger charge is -2.35. The highest BCUT2D eigenvalue weighted by Gasteiger charge is 2.52. The van der Waals surface area contributed by atoms with Crippen molar-refractivity contribution in [3.8, 4) is 11.6 Å². The Morgan fingerprint density at radius 1 is 1.16 bits per heavy atom. The number of carbonyl (C=O) groups excluding carboxylic acids is 2. The number of benzene rings is 1. The van der Waals surface area contributed by atoms with E-state index in [0.29, 0.717) is 37.9 Å².